The molecule has 3 N–H and O–H groups in total. The summed E-state index contributed by atoms with van der Waals surface area (Å²) in [6.07, 6.45) is 3.05. The fraction of sp³-hybridized carbons (Fsp3) is 0.261. The van der Waals surface area contributed by atoms with Crippen molar-refractivity contribution in [2.75, 3.05) is 5.32 Å². The number of aromatic nitrogens is 4. The second-order valence-electron chi connectivity index (χ2n) is 9.18. The maximum Gasteiger partial charge on any atom is 0.174 e. The summed E-state index contributed by atoms with van der Waals surface area (Å²) in [5.74, 6) is 1.34. The summed E-state index contributed by atoms with van der Waals surface area (Å²) >= 11 is 13.6. The molecule has 4 aromatic rings. The van der Waals surface area contributed by atoms with Gasteiger partial charge in [0.05, 0.1) is 33.2 Å². The molecule has 0 spiro atoms. The van der Waals surface area contributed by atoms with Gasteiger partial charge in [0.1, 0.15) is 11.6 Å². The lowest BCUT2D eigenvalue weighted by Gasteiger charge is -2.37. The number of rotatable bonds is 3. The molecular weight excluding hydrogens is 481 g/mol. The van der Waals surface area contributed by atoms with Crippen molar-refractivity contribution >= 4 is 57.6 Å². The highest BCUT2D eigenvalue weighted by molar-refractivity contribution is 7.99. The number of anilines is 1. The summed E-state index contributed by atoms with van der Waals surface area (Å²) in [4.78, 5) is 21.0. The molecule has 0 radical (unpaired) electrons. The average Bonchev–Trinajstić information content (AvgIpc) is 3.46. The molecule has 1 aromatic carbocycles. The number of Topliss-reactive ketones (excluding diaryl/α,β-unsaturated/α-hetero) is 1. The number of H-pyrrole nitrogens is 2. The Hall–Kier alpha value is -2.68. The van der Waals surface area contributed by atoms with Gasteiger partial charge in [0, 0.05) is 23.3 Å². The molecule has 0 saturated carbocycles. The fourth-order valence-electron chi connectivity index (χ4n) is 4.67. The van der Waals surface area contributed by atoms with Crippen molar-refractivity contribution < 1.29 is 9.21 Å². The van der Waals surface area contributed by atoms with Crippen LogP contribution in [0.25, 0.3) is 11.0 Å². The van der Waals surface area contributed by atoms with Crippen LogP contribution in [0.1, 0.15) is 43.9 Å². The van der Waals surface area contributed by atoms with Crippen molar-refractivity contribution in [3.63, 3.8) is 0 Å². The predicted octanol–water partition coefficient (Wildman–Crippen LogP) is 6.54. The lowest BCUT2D eigenvalue weighted by Crippen LogP contribution is -2.33. The Balaban J connectivity index is 1.36. The minimum absolute atomic E-state index is 0.0950. The summed E-state index contributed by atoms with van der Waals surface area (Å²) in [5.41, 5.74) is 4.04. The summed E-state index contributed by atoms with van der Waals surface area (Å²) in [7, 11) is 0. The highest BCUT2D eigenvalue weighted by Gasteiger charge is 2.42. The van der Waals surface area contributed by atoms with E-state index in [1.807, 2.05) is 12.1 Å². The number of nitrogens with one attached hydrogen (secondary N) is 3. The third-order valence-electron chi connectivity index (χ3n) is 6.05. The maximum absolute atomic E-state index is 13.2. The highest BCUT2D eigenvalue weighted by atomic mass is 35.5. The van der Waals surface area contributed by atoms with Crippen LogP contribution in [0.4, 0.5) is 5.82 Å². The molecule has 1 aliphatic carbocycles. The van der Waals surface area contributed by atoms with Crippen LogP contribution >= 0.6 is 35.0 Å². The van der Waals surface area contributed by atoms with E-state index >= 15 is 0 Å². The van der Waals surface area contributed by atoms with E-state index in [2.05, 4.69) is 39.3 Å². The maximum atomic E-state index is 13.2. The van der Waals surface area contributed by atoms with E-state index in [1.54, 1.807) is 18.3 Å². The number of imidazole rings is 1. The van der Waals surface area contributed by atoms with Crippen LogP contribution in [-0.2, 0) is 4.79 Å². The quantitative estimate of drug-likeness (QED) is 0.296. The standard InChI is InChI=1S/C23H19Cl2N5O2S/c1-23(2)7-15-20(16(31)8-23)19(10-9-26-30-21(10)27-15)17-3-4-18(32-17)33-22-28-13-5-11(24)12(25)6-14(13)29-22/h3-6,9,19H,7-8H2,1-2H3,(H,28,29)(H2,26,27,30). The number of nitrogens with zero attached hydrogens (tertiary/aromatic N) is 2. The van der Waals surface area contributed by atoms with Crippen LogP contribution in [-0.4, -0.2) is 25.9 Å². The fourth-order valence-corrected chi connectivity index (χ4v) is 5.76. The van der Waals surface area contributed by atoms with E-state index < -0.39 is 0 Å². The van der Waals surface area contributed by atoms with Gasteiger partial charge in [-0.2, -0.15) is 5.10 Å². The number of ketones is 1. The third kappa shape index (κ3) is 3.57. The molecule has 0 saturated heterocycles. The monoisotopic (exact) mass is 499 g/mol. The van der Waals surface area contributed by atoms with E-state index in [9.17, 15) is 4.79 Å². The molecule has 7 nitrogen and oxygen atoms in total. The van der Waals surface area contributed by atoms with Crippen LogP contribution in [0.5, 0.6) is 0 Å². The summed E-state index contributed by atoms with van der Waals surface area (Å²) < 4.78 is 6.24. The van der Waals surface area contributed by atoms with Gasteiger partial charge in [-0.15, -0.1) is 0 Å². The van der Waals surface area contributed by atoms with Gasteiger partial charge in [-0.05, 0) is 47.9 Å². The Labute approximate surface area is 203 Å². The van der Waals surface area contributed by atoms with Crippen LogP contribution in [0.15, 0.2) is 56.4 Å². The summed E-state index contributed by atoms with van der Waals surface area (Å²) in [6.45, 7) is 4.23. The van der Waals surface area contributed by atoms with Crippen molar-refractivity contribution in [3.05, 3.63) is 63.1 Å². The van der Waals surface area contributed by atoms with E-state index in [0.29, 0.717) is 32.5 Å². The van der Waals surface area contributed by atoms with Crippen LogP contribution in [0.3, 0.4) is 0 Å². The predicted molar refractivity (Wildman–Crippen MR) is 128 cm³/mol. The van der Waals surface area contributed by atoms with Crippen molar-refractivity contribution in [2.24, 2.45) is 5.41 Å². The summed E-state index contributed by atoms with van der Waals surface area (Å²) in [5, 5.41) is 12.9. The first kappa shape index (κ1) is 20.9. The Kier molecular flexibility index (Phi) is 4.69. The Morgan fingerprint density at radius 1 is 1.18 bits per heavy atom. The number of allylic oxidation sites excluding steroid dienone is 2. The molecule has 1 aliphatic heterocycles. The van der Waals surface area contributed by atoms with Gasteiger partial charge < -0.3 is 14.7 Å². The van der Waals surface area contributed by atoms with Gasteiger partial charge in [0.2, 0.25) is 0 Å². The molecule has 3 aromatic heterocycles. The highest BCUT2D eigenvalue weighted by Crippen LogP contribution is 2.49. The molecule has 6 rings (SSSR count). The van der Waals surface area contributed by atoms with Crippen molar-refractivity contribution in [1.29, 1.82) is 0 Å². The molecule has 1 unspecified atom stereocenters. The number of furan rings is 1. The molecule has 0 bridgehead atoms. The normalized spacial score (nSPS) is 19.5. The first-order valence-electron chi connectivity index (χ1n) is 10.5. The number of hydrogen-bond acceptors (Lipinski definition) is 6. The Morgan fingerprint density at radius 2 is 2.00 bits per heavy atom. The van der Waals surface area contributed by atoms with Crippen LogP contribution in [0.2, 0.25) is 10.0 Å². The van der Waals surface area contributed by atoms with Crippen molar-refractivity contribution in [3.8, 4) is 0 Å². The first-order valence-corrected chi connectivity index (χ1v) is 12.0. The van der Waals surface area contributed by atoms with Gasteiger partial charge in [-0.1, -0.05) is 37.0 Å². The summed E-state index contributed by atoms with van der Waals surface area (Å²) in [6, 6.07) is 7.30. The van der Waals surface area contributed by atoms with Crippen molar-refractivity contribution in [2.45, 2.75) is 42.9 Å². The van der Waals surface area contributed by atoms with E-state index in [-0.39, 0.29) is 17.1 Å². The van der Waals surface area contributed by atoms with Gasteiger partial charge in [0.25, 0.3) is 0 Å². The SMILES string of the molecule is CC1(C)CC(=O)C2=C(C1)Nc1[nH]ncc1C2c1ccc(Sc2nc3cc(Cl)c(Cl)cc3[nH]2)o1. The molecular formula is C23H19Cl2N5O2S. The largest absolute Gasteiger partial charge is 0.453 e. The number of fused-ring (bicyclic) bond motifs is 2. The minimum Gasteiger partial charge on any atom is -0.453 e. The Morgan fingerprint density at radius 3 is 2.85 bits per heavy atom. The molecule has 4 heterocycles. The number of benzene rings is 1. The van der Waals surface area contributed by atoms with Gasteiger partial charge in [0.15, 0.2) is 16.0 Å². The molecule has 0 fully saturated rings. The van der Waals surface area contributed by atoms with Gasteiger partial charge in [-0.25, -0.2) is 4.98 Å². The lowest BCUT2D eigenvalue weighted by atomic mass is 9.70. The second-order valence-corrected chi connectivity index (χ2v) is 11.0. The van der Waals surface area contributed by atoms with E-state index in [0.717, 1.165) is 40.1 Å². The van der Waals surface area contributed by atoms with Crippen LogP contribution < -0.4 is 5.32 Å². The number of aromatic amines is 2. The Bertz CT molecular complexity index is 1430. The zero-order valence-corrected chi connectivity index (χ0v) is 20.1. The molecule has 0 amide bonds. The number of carbonyl (C=O) groups is 1. The van der Waals surface area contributed by atoms with Gasteiger partial charge >= 0.3 is 0 Å². The first-order chi connectivity index (χ1) is 15.8. The second kappa shape index (κ2) is 7.41. The number of halogens is 2. The molecule has 33 heavy (non-hydrogen) atoms. The topological polar surface area (TPSA) is 99.6 Å². The molecule has 10 heteroatoms. The van der Waals surface area contributed by atoms with Crippen molar-refractivity contribution in [1.82, 2.24) is 20.2 Å². The van der Waals surface area contributed by atoms with Gasteiger partial charge in [-0.3, -0.25) is 9.89 Å². The minimum atomic E-state index is -0.304. The van der Waals surface area contributed by atoms with E-state index in [1.165, 1.54) is 11.8 Å². The molecule has 1 atom stereocenters. The third-order valence-corrected chi connectivity index (χ3v) is 7.58. The number of carbonyl (C=O) groups excluding carboxylic acids is 1. The molecule has 168 valence electrons. The average molecular weight is 500 g/mol. The smallest absolute Gasteiger partial charge is 0.174 e. The van der Waals surface area contributed by atoms with Crippen LogP contribution in [0, 0.1) is 5.41 Å². The van der Waals surface area contributed by atoms with E-state index in [4.69, 9.17) is 27.6 Å². The molecule has 2 aliphatic rings. The number of hydrogen-bond donors (Lipinski definition) is 3. The lowest BCUT2D eigenvalue weighted by molar-refractivity contribution is -0.118. The zero-order valence-electron chi connectivity index (χ0n) is 17.8. The zero-order chi connectivity index (χ0) is 22.9.